The first-order chi connectivity index (χ1) is 12.4. The third kappa shape index (κ3) is 4.15. The number of aryl methyl sites for hydroxylation is 2. The number of aromatic nitrogens is 1. The van der Waals surface area contributed by atoms with Crippen LogP contribution in [0.25, 0.3) is 11.3 Å². The highest BCUT2D eigenvalue weighted by atomic mass is 32.1. The fourth-order valence-corrected chi connectivity index (χ4v) is 3.16. The molecular weight excluding hydrogens is 346 g/mol. The molecule has 5 nitrogen and oxygen atoms in total. The molecule has 0 aliphatic heterocycles. The molecule has 6 heteroatoms. The van der Waals surface area contributed by atoms with Gasteiger partial charge < -0.3 is 5.32 Å². The number of thiazole rings is 1. The van der Waals surface area contributed by atoms with Crippen molar-refractivity contribution < 1.29 is 9.59 Å². The minimum absolute atomic E-state index is 0.149. The van der Waals surface area contributed by atoms with Gasteiger partial charge in [-0.3, -0.25) is 14.9 Å². The molecule has 0 radical (unpaired) electrons. The van der Waals surface area contributed by atoms with Crippen molar-refractivity contribution in [2.45, 2.75) is 20.8 Å². The predicted octanol–water partition coefficient (Wildman–Crippen LogP) is 4.64. The van der Waals surface area contributed by atoms with E-state index in [4.69, 9.17) is 0 Å². The Hall–Kier alpha value is -2.99. The minimum atomic E-state index is -0.236. The van der Waals surface area contributed by atoms with Crippen molar-refractivity contribution in [2.24, 2.45) is 0 Å². The Kier molecular flexibility index (Phi) is 5.14. The van der Waals surface area contributed by atoms with Crippen LogP contribution < -0.4 is 10.6 Å². The fourth-order valence-electron chi connectivity index (χ4n) is 2.44. The molecule has 2 amide bonds. The summed E-state index contributed by atoms with van der Waals surface area (Å²) in [6.07, 6.45) is 0. The van der Waals surface area contributed by atoms with E-state index >= 15 is 0 Å². The van der Waals surface area contributed by atoms with Crippen LogP contribution in [-0.2, 0) is 4.79 Å². The summed E-state index contributed by atoms with van der Waals surface area (Å²) in [5.41, 5.74) is 5.47. The number of carbonyl (C=O) groups excluding carboxylic acids is 2. The molecule has 1 aromatic heterocycles. The molecule has 26 heavy (non-hydrogen) atoms. The van der Waals surface area contributed by atoms with Gasteiger partial charge in [-0.1, -0.05) is 12.1 Å². The topological polar surface area (TPSA) is 71.1 Å². The lowest BCUT2D eigenvalue weighted by molar-refractivity contribution is -0.114. The molecule has 0 saturated heterocycles. The molecule has 132 valence electrons. The van der Waals surface area contributed by atoms with Crippen molar-refractivity contribution in [3.63, 3.8) is 0 Å². The van der Waals surface area contributed by atoms with Gasteiger partial charge in [0.05, 0.1) is 5.69 Å². The number of rotatable bonds is 4. The van der Waals surface area contributed by atoms with Gasteiger partial charge in [0.15, 0.2) is 5.13 Å². The van der Waals surface area contributed by atoms with Gasteiger partial charge in [0.2, 0.25) is 5.91 Å². The molecule has 0 saturated carbocycles. The quantitative estimate of drug-likeness (QED) is 0.708. The van der Waals surface area contributed by atoms with E-state index in [0.717, 1.165) is 11.3 Å². The highest BCUT2D eigenvalue weighted by Gasteiger charge is 2.11. The van der Waals surface area contributed by atoms with Crippen molar-refractivity contribution in [1.82, 2.24) is 4.98 Å². The lowest BCUT2D eigenvalue weighted by Gasteiger charge is -2.05. The fraction of sp³-hybridized carbons (Fsp3) is 0.150. The molecule has 2 aromatic carbocycles. The molecule has 0 unspecified atom stereocenters. The number of anilines is 2. The lowest BCUT2D eigenvalue weighted by Crippen LogP contribution is -2.12. The van der Waals surface area contributed by atoms with Crippen molar-refractivity contribution in [3.05, 3.63) is 64.5 Å². The normalized spacial score (nSPS) is 10.4. The molecule has 0 fully saturated rings. The first kappa shape index (κ1) is 17.8. The third-order valence-corrected chi connectivity index (χ3v) is 4.75. The zero-order valence-corrected chi connectivity index (χ0v) is 15.6. The van der Waals surface area contributed by atoms with Gasteiger partial charge in [-0.2, -0.15) is 0 Å². The molecule has 0 aliphatic rings. The van der Waals surface area contributed by atoms with Crippen LogP contribution in [0.5, 0.6) is 0 Å². The first-order valence-electron chi connectivity index (χ1n) is 8.14. The second kappa shape index (κ2) is 7.49. The SMILES string of the molecule is CC(=O)Nc1ccc(C(=O)Nc2nc(-c3ccc(C)c(C)c3)cs2)cc1. The maximum Gasteiger partial charge on any atom is 0.257 e. The molecule has 1 heterocycles. The molecule has 0 aliphatic carbocycles. The summed E-state index contributed by atoms with van der Waals surface area (Å²) < 4.78 is 0. The number of hydrogen-bond donors (Lipinski definition) is 2. The Labute approximate surface area is 156 Å². The van der Waals surface area contributed by atoms with Crippen molar-refractivity contribution in [2.75, 3.05) is 10.6 Å². The van der Waals surface area contributed by atoms with Crippen LogP contribution in [0.3, 0.4) is 0 Å². The maximum absolute atomic E-state index is 12.4. The second-order valence-electron chi connectivity index (χ2n) is 6.05. The number of nitrogens with one attached hydrogen (secondary N) is 2. The van der Waals surface area contributed by atoms with Crippen molar-refractivity contribution in [1.29, 1.82) is 0 Å². The Balaban J connectivity index is 1.71. The maximum atomic E-state index is 12.4. The Morgan fingerprint density at radius 2 is 1.69 bits per heavy atom. The summed E-state index contributed by atoms with van der Waals surface area (Å²) in [7, 11) is 0. The van der Waals surface area contributed by atoms with Crippen molar-refractivity contribution >= 4 is 34.0 Å². The summed E-state index contributed by atoms with van der Waals surface area (Å²) in [6.45, 7) is 5.58. The van der Waals surface area contributed by atoms with Crippen LogP contribution >= 0.6 is 11.3 Å². The standard InChI is InChI=1S/C20H19N3O2S/c1-12-4-5-16(10-13(12)2)18-11-26-20(22-18)23-19(25)15-6-8-17(9-7-15)21-14(3)24/h4-11H,1-3H3,(H,21,24)(H,22,23,25). The second-order valence-corrected chi connectivity index (χ2v) is 6.91. The van der Waals surface area contributed by atoms with Gasteiger partial charge in [0.25, 0.3) is 5.91 Å². The van der Waals surface area contributed by atoms with Gasteiger partial charge in [-0.05, 0) is 55.3 Å². The lowest BCUT2D eigenvalue weighted by atomic mass is 10.1. The number of carbonyl (C=O) groups is 2. The van der Waals surface area contributed by atoms with E-state index in [-0.39, 0.29) is 11.8 Å². The zero-order valence-electron chi connectivity index (χ0n) is 14.8. The highest BCUT2D eigenvalue weighted by molar-refractivity contribution is 7.14. The Morgan fingerprint density at radius 3 is 2.35 bits per heavy atom. The molecule has 0 atom stereocenters. The third-order valence-electron chi connectivity index (χ3n) is 3.99. The zero-order chi connectivity index (χ0) is 18.7. The summed E-state index contributed by atoms with van der Waals surface area (Å²) in [4.78, 5) is 27.9. The minimum Gasteiger partial charge on any atom is -0.326 e. The van der Waals surface area contributed by atoms with Crippen LogP contribution in [0.1, 0.15) is 28.4 Å². The van der Waals surface area contributed by atoms with Crippen LogP contribution in [0.2, 0.25) is 0 Å². The van der Waals surface area contributed by atoms with E-state index in [1.54, 1.807) is 24.3 Å². The average Bonchev–Trinajstić information content (AvgIpc) is 3.06. The van der Waals surface area contributed by atoms with E-state index in [2.05, 4.69) is 41.6 Å². The van der Waals surface area contributed by atoms with E-state index in [0.29, 0.717) is 16.4 Å². The molecule has 3 aromatic rings. The number of amides is 2. The Morgan fingerprint density at radius 1 is 0.962 bits per heavy atom. The molecule has 0 spiro atoms. The van der Waals surface area contributed by atoms with Gasteiger partial charge >= 0.3 is 0 Å². The molecule has 2 N–H and O–H groups in total. The van der Waals surface area contributed by atoms with Gasteiger partial charge in [0, 0.05) is 29.1 Å². The van der Waals surface area contributed by atoms with Crippen LogP contribution in [0.15, 0.2) is 47.8 Å². The monoisotopic (exact) mass is 365 g/mol. The molecule has 3 rings (SSSR count). The molecule has 0 bridgehead atoms. The summed E-state index contributed by atoms with van der Waals surface area (Å²) in [5, 5.41) is 7.97. The smallest absolute Gasteiger partial charge is 0.257 e. The first-order valence-corrected chi connectivity index (χ1v) is 9.02. The Bertz CT molecular complexity index is 961. The van der Waals surface area contributed by atoms with Crippen LogP contribution in [0.4, 0.5) is 10.8 Å². The largest absolute Gasteiger partial charge is 0.326 e. The van der Waals surface area contributed by atoms with E-state index in [1.807, 2.05) is 11.4 Å². The van der Waals surface area contributed by atoms with E-state index in [9.17, 15) is 9.59 Å². The number of hydrogen-bond acceptors (Lipinski definition) is 4. The molecular formula is C20H19N3O2S. The number of nitrogens with zero attached hydrogens (tertiary/aromatic N) is 1. The van der Waals surface area contributed by atoms with E-state index in [1.165, 1.54) is 29.4 Å². The summed E-state index contributed by atoms with van der Waals surface area (Å²) in [6, 6.07) is 12.9. The summed E-state index contributed by atoms with van der Waals surface area (Å²) in [5.74, 6) is -0.385. The van der Waals surface area contributed by atoms with Crippen molar-refractivity contribution in [3.8, 4) is 11.3 Å². The van der Waals surface area contributed by atoms with E-state index < -0.39 is 0 Å². The van der Waals surface area contributed by atoms with Crippen LogP contribution in [-0.4, -0.2) is 16.8 Å². The number of benzene rings is 2. The van der Waals surface area contributed by atoms with Crippen LogP contribution in [0, 0.1) is 13.8 Å². The van der Waals surface area contributed by atoms with Gasteiger partial charge in [-0.25, -0.2) is 4.98 Å². The predicted molar refractivity (Wildman–Crippen MR) is 106 cm³/mol. The van der Waals surface area contributed by atoms with Gasteiger partial charge in [0.1, 0.15) is 0 Å². The highest BCUT2D eigenvalue weighted by Crippen LogP contribution is 2.26. The average molecular weight is 365 g/mol. The summed E-state index contributed by atoms with van der Waals surface area (Å²) >= 11 is 1.39. The van der Waals surface area contributed by atoms with Gasteiger partial charge in [-0.15, -0.1) is 11.3 Å².